The van der Waals surface area contributed by atoms with E-state index in [4.69, 9.17) is 4.84 Å². The normalized spacial score (nSPS) is 13.1. The minimum absolute atomic E-state index is 0.0821. The van der Waals surface area contributed by atoms with Gasteiger partial charge in [0.15, 0.2) is 5.69 Å². The van der Waals surface area contributed by atoms with Crippen molar-refractivity contribution in [3.63, 3.8) is 0 Å². The van der Waals surface area contributed by atoms with Crippen LogP contribution in [-0.2, 0) is 4.84 Å². The molecule has 3 N–H and O–H groups in total. The van der Waals surface area contributed by atoms with Gasteiger partial charge in [-0.05, 0) is 42.5 Å². The van der Waals surface area contributed by atoms with E-state index < -0.39 is 17.3 Å². The van der Waals surface area contributed by atoms with Crippen LogP contribution in [0.15, 0.2) is 57.8 Å². The average Bonchev–Trinajstić information content (AvgIpc) is 3.55. The van der Waals surface area contributed by atoms with E-state index in [1.54, 1.807) is 36.4 Å². The average molecular weight is 473 g/mol. The summed E-state index contributed by atoms with van der Waals surface area (Å²) in [5, 5.41) is 9.12. The van der Waals surface area contributed by atoms with Crippen LogP contribution in [0, 0.1) is 11.7 Å². The second-order valence-corrected chi connectivity index (χ2v) is 7.87. The van der Waals surface area contributed by atoms with Crippen LogP contribution in [0.25, 0.3) is 11.1 Å². The molecule has 0 radical (unpaired) electrons. The molecule has 1 amide bonds. The molecule has 3 aromatic rings. The molecular formula is C21H18BrFN4O3. The van der Waals surface area contributed by atoms with E-state index in [0.29, 0.717) is 22.6 Å². The molecule has 9 heteroatoms. The Labute approximate surface area is 179 Å². The second kappa shape index (κ2) is 8.76. The zero-order chi connectivity index (χ0) is 21.1. The van der Waals surface area contributed by atoms with Gasteiger partial charge in [-0.1, -0.05) is 46.3 Å². The number of anilines is 2. The number of nitrogens with zero attached hydrogens (tertiary/aromatic N) is 1. The van der Waals surface area contributed by atoms with Crippen molar-refractivity contribution in [2.24, 2.45) is 5.92 Å². The van der Waals surface area contributed by atoms with Gasteiger partial charge in [0.2, 0.25) is 0 Å². The molecule has 7 nitrogen and oxygen atoms in total. The molecule has 4 rings (SSSR count). The van der Waals surface area contributed by atoms with Crippen molar-refractivity contribution >= 4 is 33.2 Å². The van der Waals surface area contributed by atoms with Crippen molar-refractivity contribution in [1.82, 2.24) is 15.7 Å². The van der Waals surface area contributed by atoms with Crippen LogP contribution < -0.4 is 16.4 Å². The predicted molar refractivity (Wildman–Crippen MR) is 114 cm³/mol. The summed E-state index contributed by atoms with van der Waals surface area (Å²) in [5.41, 5.74) is 2.61. The summed E-state index contributed by atoms with van der Waals surface area (Å²) in [5.74, 6) is -0.757. The third-order valence-corrected chi connectivity index (χ3v) is 5.13. The van der Waals surface area contributed by atoms with E-state index >= 15 is 0 Å². The lowest BCUT2D eigenvalue weighted by Gasteiger charge is -2.16. The van der Waals surface area contributed by atoms with E-state index in [-0.39, 0.29) is 22.6 Å². The van der Waals surface area contributed by atoms with Gasteiger partial charge in [-0.3, -0.25) is 14.4 Å². The zero-order valence-corrected chi connectivity index (χ0v) is 17.3. The van der Waals surface area contributed by atoms with Crippen molar-refractivity contribution in [1.29, 1.82) is 0 Å². The lowest BCUT2D eigenvalue weighted by atomic mass is 10.0. The van der Waals surface area contributed by atoms with Gasteiger partial charge in [0.05, 0.1) is 23.5 Å². The summed E-state index contributed by atoms with van der Waals surface area (Å²) >= 11 is 3.21. The van der Waals surface area contributed by atoms with E-state index in [1.165, 1.54) is 12.1 Å². The molecule has 1 saturated carbocycles. The third-order valence-electron chi connectivity index (χ3n) is 4.63. The quantitative estimate of drug-likeness (QED) is 0.448. The zero-order valence-electron chi connectivity index (χ0n) is 15.7. The molecule has 1 aliphatic rings. The number of hydrogen-bond acceptors (Lipinski definition) is 5. The molecule has 154 valence electrons. The maximum Gasteiger partial charge on any atom is 0.297 e. The topological polar surface area (TPSA) is 96.1 Å². The number of amides is 1. The van der Waals surface area contributed by atoms with Gasteiger partial charge in [0, 0.05) is 4.47 Å². The van der Waals surface area contributed by atoms with Crippen molar-refractivity contribution < 1.29 is 14.0 Å². The largest absolute Gasteiger partial charge is 0.350 e. The molecule has 2 aromatic carbocycles. The highest BCUT2D eigenvalue weighted by Crippen LogP contribution is 2.31. The van der Waals surface area contributed by atoms with Crippen molar-refractivity contribution in [3.8, 4) is 11.1 Å². The first kappa shape index (κ1) is 20.2. The summed E-state index contributed by atoms with van der Waals surface area (Å²) in [6.45, 7) is 0.407. The molecule has 0 atom stereocenters. The Hall–Kier alpha value is -3.04. The van der Waals surface area contributed by atoms with Crippen molar-refractivity contribution in [2.45, 2.75) is 12.8 Å². The molecule has 1 fully saturated rings. The maximum atomic E-state index is 14.5. The highest BCUT2D eigenvalue weighted by Gasteiger charge is 2.25. The van der Waals surface area contributed by atoms with Gasteiger partial charge in [-0.2, -0.15) is 5.10 Å². The number of carbonyl (C=O) groups is 1. The van der Waals surface area contributed by atoms with Crippen LogP contribution in [0.3, 0.4) is 0 Å². The number of benzene rings is 2. The lowest BCUT2D eigenvalue weighted by Crippen LogP contribution is -2.29. The number of carbonyl (C=O) groups excluding carboxylic acids is 1. The Morgan fingerprint density at radius 1 is 1.23 bits per heavy atom. The van der Waals surface area contributed by atoms with Gasteiger partial charge in [-0.15, -0.1) is 0 Å². The smallest absolute Gasteiger partial charge is 0.297 e. The summed E-state index contributed by atoms with van der Waals surface area (Å²) in [6.07, 6.45) is 2.14. The monoisotopic (exact) mass is 472 g/mol. The number of halogens is 2. The SMILES string of the molecule is O=C(NOCC1CC1)c1n[nH]c(=O)c(-c2ccccc2)c1Nc1ccc(Br)cc1F. The fourth-order valence-electron chi connectivity index (χ4n) is 2.90. The molecule has 0 spiro atoms. The van der Waals surface area contributed by atoms with Gasteiger partial charge < -0.3 is 5.32 Å². The van der Waals surface area contributed by atoms with Crippen LogP contribution in [0.2, 0.25) is 0 Å². The molecule has 1 heterocycles. The molecule has 1 aromatic heterocycles. The minimum Gasteiger partial charge on any atom is -0.350 e. The van der Waals surface area contributed by atoms with Crippen molar-refractivity contribution in [3.05, 3.63) is 74.9 Å². The number of aromatic amines is 1. The Morgan fingerprint density at radius 3 is 2.70 bits per heavy atom. The summed E-state index contributed by atoms with van der Waals surface area (Å²) in [7, 11) is 0. The first-order valence-corrected chi connectivity index (χ1v) is 10.1. The molecule has 0 unspecified atom stereocenters. The fraction of sp³-hybridized carbons (Fsp3) is 0.190. The Balaban J connectivity index is 1.76. The summed E-state index contributed by atoms with van der Waals surface area (Å²) in [4.78, 5) is 30.6. The van der Waals surface area contributed by atoms with Gasteiger partial charge >= 0.3 is 0 Å². The molecular weight excluding hydrogens is 455 g/mol. The number of aromatic nitrogens is 2. The van der Waals surface area contributed by atoms with Gasteiger partial charge in [0.25, 0.3) is 11.5 Å². The van der Waals surface area contributed by atoms with Gasteiger partial charge in [-0.25, -0.2) is 15.0 Å². The number of H-pyrrole nitrogens is 1. The first-order valence-electron chi connectivity index (χ1n) is 9.35. The van der Waals surface area contributed by atoms with Gasteiger partial charge in [0.1, 0.15) is 5.82 Å². The molecule has 30 heavy (non-hydrogen) atoms. The van der Waals surface area contributed by atoms with Crippen LogP contribution in [-0.4, -0.2) is 22.7 Å². The highest BCUT2D eigenvalue weighted by molar-refractivity contribution is 9.10. The van der Waals surface area contributed by atoms with Crippen LogP contribution in [0.1, 0.15) is 23.3 Å². The molecule has 0 aliphatic heterocycles. The number of hydrogen-bond donors (Lipinski definition) is 3. The summed E-state index contributed by atoms with van der Waals surface area (Å²) < 4.78 is 15.0. The fourth-order valence-corrected chi connectivity index (χ4v) is 3.23. The van der Waals surface area contributed by atoms with E-state index in [9.17, 15) is 14.0 Å². The van der Waals surface area contributed by atoms with Crippen molar-refractivity contribution in [2.75, 3.05) is 11.9 Å². The predicted octanol–water partition coefficient (Wildman–Crippen LogP) is 4.15. The highest BCUT2D eigenvalue weighted by atomic mass is 79.9. The van der Waals surface area contributed by atoms with Crippen LogP contribution in [0.4, 0.5) is 15.8 Å². The standard InChI is InChI=1S/C21H18BrFN4O3/c22-14-8-9-16(15(23)10-14)24-18-17(13-4-2-1-3-5-13)20(28)26-25-19(18)21(29)27-30-11-12-6-7-12/h1-5,8-10,12H,6-7,11H2,(H,27,29)(H2,24,26,28). The van der Waals surface area contributed by atoms with E-state index in [2.05, 4.69) is 36.9 Å². The maximum absolute atomic E-state index is 14.5. The lowest BCUT2D eigenvalue weighted by molar-refractivity contribution is 0.0266. The molecule has 1 aliphatic carbocycles. The number of hydroxylamine groups is 1. The number of rotatable bonds is 7. The minimum atomic E-state index is -0.649. The first-order chi connectivity index (χ1) is 14.5. The van der Waals surface area contributed by atoms with E-state index in [1.807, 2.05) is 0 Å². The van der Waals surface area contributed by atoms with E-state index in [0.717, 1.165) is 12.8 Å². The Bertz CT molecular complexity index is 1130. The second-order valence-electron chi connectivity index (χ2n) is 6.95. The molecule has 0 saturated heterocycles. The Morgan fingerprint density at radius 2 is 2.00 bits per heavy atom. The van der Waals surface area contributed by atoms with Crippen LogP contribution >= 0.6 is 15.9 Å². The molecule has 0 bridgehead atoms. The van der Waals surface area contributed by atoms with Crippen LogP contribution in [0.5, 0.6) is 0 Å². The third kappa shape index (κ3) is 4.58. The number of nitrogens with one attached hydrogen (secondary N) is 3. The summed E-state index contributed by atoms with van der Waals surface area (Å²) in [6, 6.07) is 13.2. The Kier molecular flexibility index (Phi) is 5.91.